The summed E-state index contributed by atoms with van der Waals surface area (Å²) in [6, 6.07) is 6.58. The molecule has 0 saturated carbocycles. The molecule has 1 aromatic carbocycles. The Morgan fingerprint density at radius 1 is 1.47 bits per heavy atom. The van der Waals surface area contributed by atoms with Gasteiger partial charge in [0.05, 0.1) is 0 Å². The lowest BCUT2D eigenvalue weighted by Gasteiger charge is -2.30. The number of rotatable bonds is 4. The Morgan fingerprint density at radius 2 is 2.24 bits per heavy atom. The lowest BCUT2D eigenvalue weighted by molar-refractivity contribution is -0.150. The van der Waals surface area contributed by atoms with Gasteiger partial charge in [-0.05, 0) is 29.0 Å². The normalized spacial score (nSPS) is 19.1. The molecule has 2 rings (SSSR count). The van der Waals surface area contributed by atoms with Crippen LogP contribution in [-0.2, 0) is 16.0 Å². The lowest BCUT2D eigenvalue weighted by Crippen LogP contribution is -2.23. The van der Waals surface area contributed by atoms with Crippen LogP contribution in [0.4, 0.5) is 0 Å². The molecule has 0 spiro atoms. The molecule has 2 nitrogen and oxygen atoms in total. The SMILES string of the molecule is CCC(=O)OC1Cc2ccc(C(C)CC)cc21. The van der Waals surface area contributed by atoms with Crippen molar-refractivity contribution in [3.8, 4) is 0 Å². The molecule has 0 heterocycles. The molecule has 1 aliphatic rings. The predicted molar refractivity (Wildman–Crippen MR) is 68.0 cm³/mol. The van der Waals surface area contributed by atoms with Crippen LogP contribution in [-0.4, -0.2) is 5.97 Å². The lowest BCUT2D eigenvalue weighted by atomic mass is 9.82. The van der Waals surface area contributed by atoms with E-state index in [0.717, 1.165) is 12.8 Å². The van der Waals surface area contributed by atoms with E-state index in [9.17, 15) is 4.79 Å². The second-order valence-electron chi connectivity index (χ2n) is 4.80. The van der Waals surface area contributed by atoms with Crippen molar-refractivity contribution < 1.29 is 9.53 Å². The summed E-state index contributed by atoms with van der Waals surface area (Å²) in [6.07, 6.45) is 2.47. The highest BCUT2D eigenvalue weighted by atomic mass is 16.5. The van der Waals surface area contributed by atoms with E-state index in [4.69, 9.17) is 4.74 Å². The van der Waals surface area contributed by atoms with Crippen molar-refractivity contribution in [2.24, 2.45) is 0 Å². The zero-order chi connectivity index (χ0) is 12.4. The molecule has 1 aliphatic carbocycles. The maximum Gasteiger partial charge on any atom is 0.306 e. The van der Waals surface area contributed by atoms with Gasteiger partial charge in [0.15, 0.2) is 0 Å². The number of ether oxygens (including phenoxy) is 1. The number of fused-ring (bicyclic) bond motifs is 1. The molecule has 0 fully saturated rings. The first-order chi connectivity index (χ1) is 8.15. The Hall–Kier alpha value is -1.31. The molecule has 0 aromatic heterocycles. The fourth-order valence-electron chi connectivity index (χ4n) is 2.17. The van der Waals surface area contributed by atoms with Crippen LogP contribution in [0.25, 0.3) is 0 Å². The second-order valence-corrected chi connectivity index (χ2v) is 4.80. The highest BCUT2D eigenvalue weighted by molar-refractivity contribution is 5.69. The van der Waals surface area contributed by atoms with E-state index in [1.165, 1.54) is 16.7 Å². The summed E-state index contributed by atoms with van der Waals surface area (Å²) in [6.45, 7) is 6.25. The van der Waals surface area contributed by atoms with Crippen molar-refractivity contribution in [1.82, 2.24) is 0 Å². The molecule has 0 saturated heterocycles. The molecule has 0 bridgehead atoms. The third-order valence-corrected chi connectivity index (χ3v) is 3.67. The zero-order valence-corrected chi connectivity index (χ0v) is 10.8. The van der Waals surface area contributed by atoms with Crippen LogP contribution in [0.1, 0.15) is 62.3 Å². The fraction of sp³-hybridized carbons (Fsp3) is 0.533. The minimum Gasteiger partial charge on any atom is -0.457 e. The van der Waals surface area contributed by atoms with Gasteiger partial charge in [-0.1, -0.05) is 39.0 Å². The van der Waals surface area contributed by atoms with E-state index in [-0.39, 0.29) is 12.1 Å². The number of carbonyl (C=O) groups is 1. The molecule has 0 radical (unpaired) electrons. The number of esters is 1. The van der Waals surface area contributed by atoms with Gasteiger partial charge in [0.2, 0.25) is 0 Å². The molecule has 2 atom stereocenters. The molecule has 0 aliphatic heterocycles. The summed E-state index contributed by atoms with van der Waals surface area (Å²) in [5, 5.41) is 0. The largest absolute Gasteiger partial charge is 0.457 e. The first-order valence-electron chi connectivity index (χ1n) is 6.47. The van der Waals surface area contributed by atoms with Crippen LogP contribution in [0.15, 0.2) is 18.2 Å². The van der Waals surface area contributed by atoms with Gasteiger partial charge in [-0.15, -0.1) is 0 Å². The molecule has 17 heavy (non-hydrogen) atoms. The predicted octanol–water partition coefficient (Wildman–Crippen LogP) is 3.75. The monoisotopic (exact) mass is 232 g/mol. The van der Waals surface area contributed by atoms with E-state index < -0.39 is 0 Å². The van der Waals surface area contributed by atoms with Gasteiger partial charge in [0, 0.05) is 12.8 Å². The van der Waals surface area contributed by atoms with E-state index in [1.54, 1.807) is 0 Å². The summed E-state index contributed by atoms with van der Waals surface area (Å²) in [7, 11) is 0. The van der Waals surface area contributed by atoms with Gasteiger partial charge in [-0.25, -0.2) is 0 Å². The fourth-order valence-corrected chi connectivity index (χ4v) is 2.17. The van der Waals surface area contributed by atoms with E-state index in [2.05, 4.69) is 32.0 Å². The Kier molecular flexibility index (Phi) is 3.51. The standard InChI is InChI=1S/C15H20O2/c1-4-10(3)11-6-7-12-9-14(13(12)8-11)17-15(16)5-2/h6-8,10,14H,4-5,9H2,1-3H3. The summed E-state index contributed by atoms with van der Waals surface area (Å²) in [5.41, 5.74) is 3.89. The highest BCUT2D eigenvalue weighted by Crippen LogP contribution is 2.38. The van der Waals surface area contributed by atoms with E-state index >= 15 is 0 Å². The van der Waals surface area contributed by atoms with Crippen molar-refractivity contribution in [1.29, 1.82) is 0 Å². The summed E-state index contributed by atoms with van der Waals surface area (Å²) in [5.74, 6) is 0.470. The van der Waals surface area contributed by atoms with Crippen molar-refractivity contribution in [3.63, 3.8) is 0 Å². The minimum absolute atomic E-state index is 0.00135. The zero-order valence-electron chi connectivity index (χ0n) is 10.8. The van der Waals surface area contributed by atoms with Gasteiger partial charge in [-0.2, -0.15) is 0 Å². The van der Waals surface area contributed by atoms with Crippen LogP contribution in [0.3, 0.4) is 0 Å². The van der Waals surface area contributed by atoms with Crippen LogP contribution >= 0.6 is 0 Å². The summed E-state index contributed by atoms with van der Waals surface area (Å²) in [4.78, 5) is 11.3. The second kappa shape index (κ2) is 4.91. The summed E-state index contributed by atoms with van der Waals surface area (Å²) >= 11 is 0. The Balaban J connectivity index is 2.13. The Labute approximate surface area is 103 Å². The number of hydrogen-bond acceptors (Lipinski definition) is 2. The molecule has 2 heteroatoms. The van der Waals surface area contributed by atoms with Crippen molar-refractivity contribution in [2.45, 2.75) is 52.1 Å². The van der Waals surface area contributed by atoms with Crippen molar-refractivity contribution in [2.75, 3.05) is 0 Å². The van der Waals surface area contributed by atoms with Crippen LogP contribution in [0, 0.1) is 0 Å². The van der Waals surface area contributed by atoms with Crippen LogP contribution in [0.5, 0.6) is 0 Å². The molecule has 1 aromatic rings. The van der Waals surface area contributed by atoms with Gasteiger partial charge in [-0.3, -0.25) is 4.79 Å². The van der Waals surface area contributed by atoms with Gasteiger partial charge in [0.1, 0.15) is 6.10 Å². The highest BCUT2D eigenvalue weighted by Gasteiger charge is 2.29. The maximum absolute atomic E-state index is 11.3. The first-order valence-corrected chi connectivity index (χ1v) is 6.47. The van der Waals surface area contributed by atoms with E-state index in [1.807, 2.05) is 6.92 Å². The molecular weight excluding hydrogens is 212 g/mol. The quantitative estimate of drug-likeness (QED) is 0.739. The van der Waals surface area contributed by atoms with Crippen LogP contribution in [0.2, 0.25) is 0 Å². The molecule has 2 unspecified atom stereocenters. The van der Waals surface area contributed by atoms with Crippen molar-refractivity contribution in [3.05, 3.63) is 34.9 Å². The first kappa shape index (κ1) is 12.2. The van der Waals surface area contributed by atoms with Gasteiger partial charge < -0.3 is 4.74 Å². The van der Waals surface area contributed by atoms with Crippen molar-refractivity contribution >= 4 is 5.97 Å². The van der Waals surface area contributed by atoms with E-state index in [0.29, 0.717) is 12.3 Å². The molecular formula is C15H20O2. The summed E-state index contributed by atoms with van der Waals surface area (Å²) < 4.78 is 5.39. The Morgan fingerprint density at radius 3 is 2.88 bits per heavy atom. The minimum atomic E-state index is -0.102. The average Bonchev–Trinajstić information content (AvgIpc) is 2.34. The van der Waals surface area contributed by atoms with Crippen LogP contribution < -0.4 is 0 Å². The van der Waals surface area contributed by atoms with Gasteiger partial charge in [0.25, 0.3) is 0 Å². The smallest absolute Gasteiger partial charge is 0.306 e. The Bertz CT molecular complexity index is 423. The molecule has 0 amide bonds. The third-order valence-electron chi connectivity index (χ3n) is 3.67. The number of carbonyl (C=O) groups excluding carboxylic acids is 1. The maximum atomic E-state index is 11.3. The molecule has 92 valence electrons. The topological polar surface area (TPSA) is 26.3 Å². The molecule has 0 N–H and O–H groups in total. The third kappa shape index (κ3) is 2.36. The number of benzene rings is 1. The number of hydrogen-bond donors (Lipinski definition) is 0. The van der Waals surface area contributed by atoms with Gasteiger partial charge >= 0.3 is 5.97 Å². The average molecular weight is 232 g/mol.